The van der Waals surface area contributed by atoms with Gasteiger partial charge in [0, 0.05) is 12.6 Å². The molecule has 0 aromatic carbocycles. The number of pyridine rings is 1. The Morgan fingerprint density at radius 2 is 1.84 bits per heavy atom. The van der Waals surface area contributed by atoms with E-state index in [1.54, 1.807) is 6.92 Å². The Morgan fingerprint density at radius 1 is 1.21 bits per heavy atom. The molecule has 1 N–H and O–H groups in total. The quantitative estimate of drug-likeness (QED) is 0.879. The second kappa shape index (κ2) is 5.67. The fourth-order valence-corrected chi connectivity index (χ4v) is 1.35. The average molecular weight is 276 g/mol. The van der Waals surface area contributed by atoms with Crippen LogP contribution in [0.5, 0.6) is 5.88 Å². The summed E-state index contributed by atoms with van der Waals surface area (Å²) in [4.78, 5) is 4.04. The van der Waals surface area contributed by atoms with Gasteiger partial charge in [0.05, 0.1) is 5.56 Å². The molecule has 1 aromatic rings. The largest absolute Gasteiger partial charge is 0.472 e. The minimum atomic E-state index is -4.42. The molecular formula is C13H19F3N2O. The van der Waals surface area contributed by atoms with Gasteiger partial charge in [0.1, 0.15) is 11.4 Å². The van der Waals surface area contributed by atoms with Crippen LogP contribution in [0, 0.1) is 0 Å². The maximum Gasteiger partial charge on any atom is 0.416 e. The Kier molecular flexibility index (Phi) is 4.66. The van der Waals surface area contributed by atoms with Gasteiger partial charge in [0.25, 0.3) is 0 Å². The van der Waals surface area contributed by atoms with Crippen LogP contribution >= 0.6 is 0 Å². The van der Waals surface area contributed by atoms with Crippen molar-refractivity contribution in [2.75, 3.05) is 11.9 Å². The summed E-state index contributed by atoms with van der Waals surface area (Å²) in [5.41, 5.74) is -1.32. The van der Waals surface area contributed by atoms with Crippen molar-refractivity contribution in [1.29, 1.82) is 0 Å². The molecule has 0 bridgehead atoms. The SMILES string of the molecule is CCNc1cc(C(F)(F)F)cc(OC(C)(C)CC)n1. The number of nitrogens with one attached hydrogen (secondary N) is 1. The number of halogens is 3. The van der Waals surface area contributed by atoms with Crippen LogP contribution in [-0.2, 0) is 6.18 Å². The topological polar surface area (TPSA) is 34.1 Å². The lowest BCUT2D eigenvalue weighted by Gasteiger charge is -2.24. The smallest absolute Gasteiger partial charge is 0.416 e. The molecule has 0 atom stereocenters. The van der Waals surface area contributed by atoms with Crippen LogP contribution in [0.25, 0.3) is 0 Å². The Morgan fingerprint density at radius 3 is 2.32 bits per heavy atom. The highest BCUT2D eigenvalue weighted by Crippen LogP contribution is 2.33. The molecule has 0 saturated carbocycles. The first kappa shape index (κ1) is 15.6. The van der Waals surface area contributed by atoms with Crippen molar-refractivity contribution in [3.8, 4) is 5.88 Å². The van der Waals surface area contributed by atoms with E-state index in [9.17, 15) is 13.2 Å². The van der Waals surface area contributed by atoms with Crippen LogP contribution in [-0.4, -0.2) is 17.1 Å². The lowest BCUT2D eigenvalue weighted by atomic mass is 10.1. The molecule has 0 spiro atoms. The summed E-state index contributed by atoms with van der Waals surface area (Å²) in [5, 5.41) is 2.77. The molecular weight excluding hydrogens is 257 g/mol. The maximum absolute atomic E-state index is 12.8. The average Bonchev–Trinajstić information content (AvgIpc) is 2.27. The molecule has 0 unspecified atom stereocenters. The molecule has 1 heterocycles. The lowest BCUT2D eigenvalue weighted by molar-refractivity contribution is -0.137. The number of anilines is 1. The van der Waals surface area contributed by atoms with Gasteiger partial charge in [-0.15, -0.1) is 0 Å². The molecule has 1 rings (SSSR count). The van der Waals surface area contributed by atoms with Gasteiger partial charge < -0.3 is 10.1 Å². The standard InChI is InChI=1S/C13H19F3N2O/c1-5-12(3,4)19-11-8-9(13(14,15)16)7-10(18-11)17-6-2/h7-8H,5-6H2,1-4H3,(H,17,18). The predicted octanol–water partition coefficient (Wildman–Crippen LogP) is 4.10. The highest BCUT2D eigenvalue weighted by Gasteiger charge is 2.32. The molecule has 0 aliphatic heterocycles. The zero-order valence-electron chi connectivity index (χ0n) is 11.6. The van der Waals surface area contributed by atoms with Crippen molar-refractivity contribution < 1.29 is 17.9 Å². The van der Waals surface area contributed by atoms with Gasteiger partial charge in [-0.1, -0.05) is 6.92 Å². The van der Waals surface area contributed by atoms with E-state index in [0.29, 0.717) is 13.0 Å². The number of hydrogen-bond acceptors (Lipinski definition) is 3. The van der Waals surface area contributed by atoms with Gasteiger partial charge in [-0.2, -0.15) is 18.2 Å². The van der Waals surface area contributed by atoms with E-state index in [2.05, 4.69) is 10.3 Å². The molecule has 0 radical (unpaired) electrons. The van der Waals surface area contributed by atoms with E-state index in [1.807, 2.05) is 20.8 Å². The lowest BCUT2D eigenvalue weighted by Crippen LogP contribution is -2.27. The Labute approximate surface area is 111 Å². The zero-order chi connectivity index (χ0) is 14.7. The molecule has 0 aliphatic carbocycles. The van der Waals surface area contributed by atoms with E-state index in [0.717, 1.165) is 12.1 Å². The molecule has 1 aromatic heterocycles. The van der Waals surface area contributed by atoms with Gasteiger partial charge in [0.15, 0.2) is 0 Å². The van der Waals surface area contributed by atoms with Gasteiger partial charge in [-0.25, -0.2) is 0 Å². The van der Waals surface area contributed by atoms with Gasteiger partial charge in [-0.3, -0.25) is 0 Å². The van der Waals surface area contributed by atoms with Crippen LogP contribution in [0.1, 0.15) is 39.7 Å². The molecule has 0 amide bonds. The summed E-state index contributed by atoms with van der Waals surface area (Å²) in [6.07, 6.45) is -3.75. The van der Waals surface area contributed by atoms with Crippen molar-refractivity contribution in [2.45, 2.75) is 45.9 Å². The number of hydrogen-bond donors (Lipinski definition) is 1. The Hall–Kier alpha value is -1.46. The van der Waals surface area contributed by atoms with Crippen LogP contribution in [0.15, 0.2) is 12.1 Å². The van der Waals surface area contributed by atoms with Crippen molar-refractivity contribution in [2.24, 2.45) is 0 Å². The van der Waals surface area contributed by atoms with Gasteiger partial charge in [0.2, 0.25) is 5.88 Å². The first-order valence-corrected chi connectivity index (χ1v) is 6.20. The van der Waals surface area contributed by atoms with Crippen molar-refractivity contribution in [1.82, 2.24) is 4.98 Å². The fraction of sp³-hybridized carbons (Fsp3) is 0.615. The highest BCUT2D eigenvalue weighted by molar-refractivity contribution is 5.42. The third-order valence-electron chi connectivity index (χ3n) is 2.72. The summed E-state index contributed by atoms with van der Waals surface area (Å²) in [6, 6.07) is 1.91. The fourth-order valence-electron chi connectivity index (χ4n) is 1.35. The monoisotopic (exact) mass is 276 g/mol. The number of ether oxygens (including phenoxy) is 1. The van der Waals surface area contributed by atoms with Crippen molar-refractivity contribution in [3.05, 3.63) is 17.7 Å². The first-order chi connectivity index (χ1) is 8.68. The first-order valence-electron chi connectivity index (χ1n) is 6.20. The Bertz CT molecular complexity index is 430. The zero-order valence-corrected chi connectivity index (χ0v) is 11.6. The van der Waals surface area contributed by atoms with Crippen LogP contribution in [0.4, 0.5) is 19.0 Å². The molecule has 0 aliphatic rings. The van der Waals surface area contributed by atoms with E-state index in [-0.39, 0.29) is 11.7 Å². The predicted molar refractivity (Wildman–Crippen MR) is 68.4 cm³/mol. The van der Waals surface area contributed by atoms with E-state index in [1.165, 1.54) is 0 Å². The number of rotatable bonds is 5. The van der Waals surface area contributed by atoms with Gasteiger partial charge >= 0.3 is 6.18 Å². The number of alkyl halides is 3. The summed E-state index contributed by atoms with van der Waals surface area (Å²) >= 11 is 0. The van der Waals surface area contributed by atoms with E-state index >= 15 is 0 Å². The second-order valence-electron chi connectivity index (χ2n) is 4.82. The maximum atomic E-state index is 12.8. The van der Waals surface area contributed by atoms with Crippen LogP contribution < -0.4 is 10.1 Å². The molecule has 108 valence electrons. The minimum Gasteiger partial charge on any atom is -0.472 e. The number of aromatic nitrogens is 1. The van der Waals surface area contributed by atoms with Crippen molar-refractivity contribution >= 4 is 5.82 Å². The summed E-state index contributed by atoms with van der Waals surface area (Å²) in [5.74, 6) is 0.150. The third kappa shape index (κ3) is 4.61. The third-order valence-corrected chi connectivity index (χ3v) is 2.72. The molecule has 19 heavy (non-hydrogen) atoms. The van der Waals surface area contributed by atoms with Gasteiger partial charge in [-0.05, 0) is 33.3 Å². The Balaban J connectivity index is 3.13. The van der Waals surface area contributed by atoms with E-state index < -0.39 is 17.3 Å². The second-order valence-corrected chi connectivity index (χ2v) is 4.82. The summed E-state index contributed by atoms with van der Waals surface area (Å²) in [6.45, 7) is 7.80. The van der Waals surface area contributed by atoms with E-state index in [4.69, 9.17) is 4.74 Å². The number of nitrogens with zero attached hydrogens (tertiary/aromatic N) is 1. The molecule has 3 nitrogen and oxygen atoms in total. The summed E-state index contributed by atoms with van der Waals surface area (Å²) in [7, 11) is 0. The molecule has 0 saturated heterocycles. The minimum absolute atomic E-state index is 0.0161. The highest BCUT2D eigenvalue weighted by atomic mass is 19.4. The molecule has 6 heteroatoms. The normalized spacial score (nSPS) is 12.4. The van der Waals surface area contributed by atoms with Crippen molar-refractivity contribution in [3.63, 3.8) is 0 Å². The van der Waals surface area contributed by atoms with Crippen LogP contribution in [0.3, 0.4) is 0 Å². The molecule has 0 fully saturated rings. The van der Waals surface area contributed by atoms with Crippen LogP contribution in [0.2, 0.25) is 0 Å². The summed E-state index contributed by atoms with van der Waals surface area (Å²) < 4.78 is 43.9.